The number of carbonyl (C=O) groups is 1. The van der Waals surface area contributed by atoms with Crippen LogP contribution in [0.5, 0.6) is 0 Å². The first-order chi connectivity index (χ1) is 12.1. The molecule has 1 fully saturated rings. The number of carbonyl (C=O) groups excluding carboxylic acids is 1. The number of nitrogens with one attached hydrogen (secondary N) is 1. The SMILES string of the molecule is COCc1cccc(-c2n[nH]c3c2CCN(C(=O)C2(C)CC2)CC3)c1. The van der Waals surface area contributed by atoms with Crippen LogP contribution in [-0.4, -0.2) is 41.2 Å². The lowest BCUT2D eigenvalue weighted by Gasteiger charge is -2.23. The Bertz CT molecular complexity index is 792. The minimum atomic E-state index is -0.0897. The predicted molar refractivity (Wildman–Crippen MR) is 96.1 cm³/mol. The van der Waals surface area contributed by atoms with E-state index in [2.05, 4.69) is 35.3 Å². The molecule has 1 aliphatic carbocycles. The number of methoxy groups -OCH3 is 1. The van der Waals surface area contributed by atoms with Crippen LogP contribution in [0.25, 0.3) is 11.3 Å². The van der Waals surface area contributed by atoms with Gasteiger partial charge in [0.15, 0.2) is 0 Å². The van der Waals surface area contributed by atoms with Gasteiger partial charge in [-0.3, -0.25) is 9.89 Å². The van der Waals surface area contributed by atoms with Gasteiger partial charge in [0.2, 0.25) is 5.91 Å². The van der Waals surface area contributed by atoms with Crippen molar-refractivity contribution in [2.45, 2.75) is 39.2 Å². The Kier molecular flexibility index (Phi) is 4.12. The van der Waals surface area contributed by atoms with E-state index < -0.39 is 0 Å². The molecule has 5 heteroatoms. The third kappa shape index (κ3) is 3.09. The molecule has 2 heterocycles. The number of H-pyrrole nitrogens is 1. The third-order valence-electron chi connectivity index (χ3n) is 5.53. The van der Waals surface area contributed by atoms with Gasteiger partial charge in [0.1, 0.15) is 0 Å². The molecule has 2 aliphatic rings. The second kappa shape index (κ2) is 6.30. The fraction of sp³-hybridized carbons (Fsp3) is 0.500. The Hall–Kier alpha value is -2.14. The third-order valence-corrected chi connectivity index (χ3v) is 5.53. The highest BCUT2D eigenvalue weighted by Crippen LogP contribution is 2.46. The molecule has 0 spiro atoms. The fourth-order valence-corrected chi connectivity index (χ4v) is 3.68. The zero-order valence-electron chi connectivity index (χ0n) is 15.0. The maximum absolute atomic E-state index is 12.7. The highest BCUT2D eigenvalue weighted by molar-refractivity contribution is 5.85. The summed E-state index contributed by atoms with van der Waals surface area (Å²) in [6.07, 6.45) is 3.78. The van der Waals surface area contributed by atoms with Crippen molar-refractivity contribution in [3.05, 3.63) is 41.1 Å². The number of aromatic amines is 1. The van der Waals surface area contributed by atoms with Gasteiger partial charge in [0.05, 0.1) is 12.3 Å². The lowest BCUT2D eigenvalue weighted by atomic mass is 10.0. The molecule has 2 aromatic rings. The molecule has 5 nitrogen and oxygen atoms in total. The van der Waals surface area contributed by atoms with E-state index in [-0.39, 0.29) is 5.41 Å². The van der Waals surface area contributed by atoms with Crippen LogP contribution in [0, 0.1) is 5.41 Å². The number of ether oxygens (including phenoxy) is 1. The molecule has 1 aliphatic heterocycles. The second-order valence-corrected chi connectivity index (χ2v) is 7.52. The Balaban J connectivity index is 1.57. The van der Waals surface area contributed by atoms with Crippen molar-refractivity contribution < 1.29 is 9.53 Å². The zero-order valence-corrected chi connectivity index (χ0v) is 15.0. The van der Waals surface area contributed by atoms with Gasteiger partial charge in [-0.05, 0) is 30.9 Å². The maximum Gasteiger partial charge on any atom is 0.228 e. The summed E-state index contributed by atoms with van der Waals surface area (Å²) in [6, 6.07) is 8.34. The standard InChI is InChI=1S/C20H25N3O2/c1-20(8-9-20)19(24)23-10-6-16-17(7-11-23)21-22-18(16)15-5-3-4-14(12-15)13-25-2/h3-5,12H,6-11,13H2,1-2H3,(H,21,22). The minimum absolute atomic E-state index is 0.0897. The van der Waals surface area contributed by atoms with E-state index in [0.717, 1.165) is 55.6 Å². The normalized spacial score (nSPS) is 18.6. The Morgan fingerprint density at radius 3 is 2.88 bits per heavy atom. The van der Waals surface area contributed by atoms with Gasteiger partial charge in [0.25, 0.3) is 0 Å². The number of nitrogens with zero attached hydrogens (tertiary/aromatic N) is 2. The quantitative estimate of drug-likeness (QED) is 0.932. The molecule has 0 unspecified atom stereocenters. The Morgan fingerprint density at radius 1 is 1.32 bits per heavy atom. The molecule has 1 amide bonds. The largest absolute Gasteiger partial charge is 0.380 e. The molecule has 1 saturated carbocycles. The summed E-state index contributed by atoms with van der Waals surface area (Å²) in [5, 5.41) is 7.78. The lowest BCUT2D eigenvalue weighted by molar-refractivity contribution is -0.136. The van der Waals surface area contributed by atoms with Crippen LogP contribution >= 0.6 is 0 Å². The van der Waals surface area contributed by atoms with Gasteiger partial charge in [-0.15, -0.1) is 0 Å². The lowest BCUT2D eigenvalue weighted by Crippen LogP contribution is -2.38. The summed E-state index contributed by atoms with van der Waals surface area (Å²) in [5.41, 5.74) is 5.60. The topological polar surface area (TPSA) is 58.2 Å². The van der Waals surface area contributed by atoms with E-state index in [1.165, 1.54) is 11.3 Å². The molecular formula is C20H25N3O2. The molecule has 0 radical (unpaired) electrons. The summed E-state index contributed by atoms with van der Waals surface area (Å²) < 4.78 is 5.24. The van der Waals surface area contributed by atoms with E-state index in [4.69, 9.17) is 4.74 Å². The number of rotatable bonds is 4. The van der Waals surface area contributed by atoms with Gasteiger partial charge >= 0.3 is 0 Å². The summed E-state index contributed by atoms with van der Waals surface area (Å²) >= 11 is 0. The van der Waals surface area contributed by atoms with E-state index in [9.17, 15) is 4.79 Å². The van der Waals surface area contributed by atoms with Crippen molar-refractivity contribution in [2.75, 3.05) is 20.2 Å². The monoisotopic (exact) mass is 339 g/mol. The predicted octanol–water partition coefficient (Wildman–Crippen LogP) is 2.95. The summed E-state index contributed by atoms with van der Waals surface area (Å²) in [4.78, 5) is 14.7. The second-order valence-electron chi connectivity index (χ2n) is 7.52. The van der Waals surface area contributed by atoms with Crippen LogP contribution < -0.4 is 0 Å². The van der Waals surface area contributed by atoms with E-state index in [0.29, 0.717) is 12.5 Å². The van der Waals surface area contributed by atoms with Crippen molar-refractivity contribution in [1.82, 2.24) is 15.1 Å². The molecular weight excluding hydrogens is 314 g/mol. The van der Waals surface area contributed by atoms with E-state index in [1.54, 1.807) is 7.11 Å². The van der Waals surface area contributed by atoms with Crippen LogP contribution in [0.1, 0.15) is 36.6 Å². The first-order valence-electron chi connectivity index (χ1n) is 9.04. The van der Waals surface area contributed by atoms with Crippen molar-refractivity contribution in [2.24, 2.45) is 5.41 Å². The van der Waals surface area contributed by atoms with Crippen LogP contribution in [0.3, 0.4) is 0 Å². The van der Waals surface area contributed by atoms with Gasteiger partial charge in [-0.1, -0.05) is 25.1 Å². The van der Waals surface area contributed by atoms with E-state index in [1.807, 2.05) is 11.0 Å². The van der Waals surface area contributed by atoms with Crippen LogP contribution in [0.2, 0.25) is 0 Å². The average Bonchev–Trinajstić information content (AvgIpc) is 3.30. The summed E-state index contributed by atoms with van der Waals surface area (Å²) in [6.45, 7) is 4.26. The van der Waals surface area contributed by atoms with Crippen molar-refractivity contribution >= 4 is 5.91 Å². The highest BCUT2D eigenvalue weighted by Gasteiger charge is 2.47. The number of aromatic nitrogens is 2. The number of amides is 1. The molecule has 0 atom stereocenters. The molecule has 4 rings (SSSR count). The smallest absolute Gasteiger partial charge is 0.228 e. The number of hydrogen-bond acceptors (Lipinski definition) is 3. The van der Waals surface area contributed by atoms with Gasteiger partial charge < -0.3 is 9.64 Å². The van der Waals surface area contributed by atoms with Gasteiger partial charge in [-0.25, -0.2) is 0 Å². The maximum atomic E-state index is 12.7. The number of fused-ring (bicyclic) bond motifs is 1. The Labute approximate surface area is 148 Å². The Morgan fingerprint density at radius 2 is 2.12 bits per heavy atom. The number of benzene rings is 1. The van der Waals surface area contributed by atoms with Crippen molar-refractivity contribution in [3.8, 4) is 11.3 Å². The minimum Gasteiger partial charge on any atom is -0.380 e. The van der Waals surface area contributed by atoms with Crippen LogP contribution in [0.15, 0.2) is 24.3 Å². The van der Waals surface area contributed by atoms with Crippen LogP contribution in [0.4, 0.5) is 0 Å². The summed E-state index contributed by atoms with van der Waals surface area (Å²) in [7, 11) is 1.71. The van der Waals surface area contributed by atoms with E-state index >= 15 is 0 Å². The molecule has 25 heavy (non-hydrogen) atoms. The molecule has 1 N–H and O–H groups in total. The molecule has 132 valence electrons. The molecule has 0 saturated heterocycles. The van der Waals surface area contributed by atoms with Crippen LogP contribution in [-0.2, 0) is 29.0 Å². The molecule has 1 aromatic heterocycles. The first kappa shape index (κ1) is 16.3. The number of hydrogen-bond donors (Lipinski definition) is 1. The van der Waals surface area contributed by atoms with Crippen molar-refractivity contribution in [1.29, 1.82) is 0 Å². The van der Waals surface area contributed by atoms with Gasteiger partial charge in [-0.2, -0.15) is 5.10 Å². The average molecular weight is 339 g/mol. The highest BCUT2D eigenvalue weighted by atomic mass is 16.5. The molecule has 0 bridgehead atoms. The van der Waals surface area contributed by atoms with Gasteiger partial charge in [0, 0.05) is 48.9 Å². The van der Waals surface area contributed by atoms with Crippen molar-refractivity contribution in [3.63, 3.8) is 0 Å². The first-order valence-corrected chi connectivity index (χ1v) is 9.04. The summed E-state index contributed by atoms with van der Waals surface area (Å²) in [5.74, 6) is 0.328. The fourth-order valence-electron chi connectivity index (χ4n) is 3.68. The molecule has 1 aromatic carbocycles. The zero-order chi connectivity index (χ0) is 17.4.